The Kier molecular flexibility index (Phi) is 4.86. The number of hydrogen-bond acceptors (Lipinski definition) is 4. The van der Waals surface area contributed by atoms with E-state index in [9.17, 15) is 4.79 Å². The number of β-amino-alcohol motifs (C(OH)–C–C–N with tert-alkyl or cyclic N) is 1. The number of ether oxygens (including phenoxy) is 1. The van der Waals surface area contributed by atoms with Gasteiger partial charge in [-0.1, -0.05) is 0 Å². The van der Waals surface area contributed by atoms with Crippen molar-refractivity contribution in [3.63, 3.8) is 0 Å². The second kappa shape index (κ2) is 5.95. The number of morpholine rings is 1. The molecular weight excluding hydrogens is 186 g/mol. The highest BCUT2D eigenvalue weighted by Crippen LogP contribution is 2.09. The average Bonchev–Trinajstić information content (AvgIpc) is 2.16. The minimum atomic E-state index is -0.784. The minimum Gasteiger partial charge on any atom is -0.481 e. The van der Waals surface area contributed by atoms with Crippen LogP contribution in [0.3, 0.4) is 0 Å². The highest BCUT2D eigenvalue weighted by Gasteiger charge is 2.20. The van der Waals surface area contributed by atoms with Crippen LogP contribution >= 0.6 is 0 Å². The van der Waals surface area contributed by atoms with Gasteiger partial charge in [-0.3, -0.25) is 9.69 Å². The summed E-state index contributed by atoms with van der Waals surface area (Å²) in [7, 11) is 0. The zero-order valence-corrected chi connectivity index (χ0v) is 8.19. The first-order valence-electron chi connectivity index (χ1n) is 4.89. The second-order valence-electron chi connectivity index (χ2n) is 3.45. The van der Waals surface area contributed by atoms with Crippen LogP contribution in [0.5, 0.6) is 0 Å². The van der Waals surface area contributed by atoms with Gasteiger partial charge in [0.2, 0.25) is 0 Å². The minimum absolute atomic E-state index is 0.00593. The van der Waals surface area contributed by atoms with Crippen molar-refractivity contribution in [3.8, 4) is 0 Å². The van der Waals surface area contributed by atoms with Crippen molar-refractivity contribution in [3.05, 3.63) is 0 Å². The number of carboxylic acids is 1. The number of rotatable bonds is 5. The molecule has 0 aromatic rings. The molecule has 1 heterocycles. The van der Waals surface area contributed by atoms with Gasteiger partial charge < -0.3 is 14.9 Å². The molecule has 82 valence electrons. The standard InChI is InChI=1S/C9H17NO4/c11-5-3-10-4-6-14-8(7-10)1-2-9(12)13/h8,11H,1-7H2,(H,12,13). The first-order chi connectivity index (χ1) is 6.72. The number of aliphatic carboxylic acids is 1. The summed E-state index contributed by atoms with van der Waals surface area (Å²) in [5.41, 5.74) is 0. The van der Waals surface area contributed by atoms with E-state index in [2.05, 4.69) is 4.90 Å². The maximum absolute atomic E-state index is 10.3. The number of nitrogens with zero attached hydrogens (tertiary/aromatic N) is 1. The van der Waals surface area contributed by atoms with Crippen LogP contribution in [0.4, 0.5) is 0 Å². The van der Waals surface area contributed by atoms with Gasteiger partial charge in [0, 0.05) is 26.1 Å². The highest BCUT2D eigenvalue weighted by molar-refractivity contribution is 5.66. The monoisotopic (exact) mass is 203 g/mol. The van der Waals surface area contributed by atoms with Crippen LogP contribution in [-0.2, 0) is 9.53 Å². The summed E-state index contributed by atoms with van der Waals surface area (Å²) < 4.78 is 5.42. The van der Waals surface area contributed by atoms with Crippen molar-refractivity contribution in [2.75, 3.05) is 32.8 Å². The van der Waals surface area contributed by atoms with Gasteiger partial charge in [0.15, 0.2) is 0 Å². The van der Waals surface area contributed by atoms with E-state index >= 15 is 0 Å². The Balaban J connectivity index is 2.21. The Morgan fingerprint density at radius 1 is 1.57 bits per heavy atom. The summed E-state index contributed by atoms with van der Waals surface area (Å²) in [5.74, 6) is -0.784. The summed E-state index contributed by atoms with van der Waals surface area (Å²) in [6.45, 7) is 2.97. The molecule has 0 aliphatic carbocycles. The van der Waals surface area contributed by atoms with Gasteiger partial charge in [0.1, 0.15) is 0 Å². The quantitative estimate of drug-likeness (QED) is 0.633. The summed E-state index contributed by atoms with van der Waals surface area (Å²) >= 11 is 0. The molecule has 1 saturated heterocycles. The Morgan fingerprint density at radius 2 is 2.36 bits per heavy atom. The molecule has 0 radical (unpaired) electrons. The molecule has 5 heteroatoms. The van der Waals surface area contributed by atoms with Crippen molar-refractivity contribution >= 4 is 5.97 Å². The third-order valence-electron chi connectivity index (χ3n) is 2.32. The Morgan fingerprint density at radius 3 is 3.00 bits per heavy atom. The van der Waals surface area contributed by atoms with E-state index in [-0.39, 0.29) is 19.1 Å². The van der Waals surface area contributed by atoms with Crippen LogP contribution in [-0.4, -0.2) is 60.0 Å². The molecule has 5 nitrogen and oxygen atoms in total. The van der Waals surface area contributed by atoms with Gasteiger partial charge >= 0.3 is 5.97 Å². The summed E-state index contributed by atoms with van der Waals surface area (Å²) in [6, 6.07) is 0. The highest BCUT2D eigenvalue weighted by atomic mass is 16.5. The molecule has 1 aliphatic rings. The van der Waals surface area contributed by atoms with Gasteiger partial charge in [0.25, 0.3) is 0 Å². The van der Waals surface area contributed by atoms with E-state index < -0.39 is 5.97 Å². The molecule has 1 unspecified atom stereocenters. The number of hydrogen-bond donors (Lipinski definition) is 2. The molecule has 1 atom stereocenters. The van der Waals surface area contributed by atoms with Crippen LogP contribution in [0.25, 0.3) is 0 Å². The molecule has 0 aromatic heterocycles. The normalized spacial score (nSPS) is 23.6. The molecule has 0 aromatic carbocycles. The van der Waals surface area contributed by atoms with Crippen molar-refractivity contribution < 1.29 is 19.7 Å². The van der Waals surface area contributed by atoms with E-state index in [1.165, 1.54) is 0 Å². The number of carboxylic acid groups (broad SMARTS) is 1. The van der Waals surface area contributed by atoms with Crippen molar-refractivity contribution in [1.29, 1.82) is 0 Å². The molecule has 1 fully saturated rings. The predicted octanol–water partition coefficient (Wildman–Crippen LogP) is -0.456. The first-order valence-corrected chi connectivity index (χ1v) is 4.89. The lowest BCUT2D eigenvalue weighted by Crippen LogP contribution is -2.43. The summed E-state index contributed by atoms with van der Waals surface area (Å²) in [6.07, 6.45) is 0.709. The van der Waals surface area contributed by atoms with Gasteiger partial charge in [0.05, 0.1) is 19.3 Å². The van der Waals surface area contributed by atoms with Crippen molar-refractivity contribution in [1.82, 2.24) is 4.90 Å². The topological polar surface area (TPSA) is 70.0 Å². The molecule has 14 heavy (non-hydrogen) atoms. The third kappa shape index (κ3) is 4.04. The van der Waals surface area contributed by atoms with Crippen molar-refractivity contribution in [2.45, 2.75) is 18.9 Å². The molecule has 1 rings (SSSR count). The van der Waals surface area contributed by atoms with Gasteiger partial charge in [-0.2, -0.15) is 0 Å². The SMILES string of the molecule is O=C(O)CCC1CN(CCO)CCO1. The lowest BCUT2D eigenvalue weighted by atomic mass is 10.1. The van der Waals surface area contributed by atoms with Gasteiger partial charge in [-0.15, -0.1) is 0 Å². The fourth-order valence-corrected chi connectivity index (χ4v) is 1.58. The molecule has 2 N–H and O–H groups in total. The van der Waals surface area contributed by atoms with E-state index in [4.69, 9.17) is 14.9 Å². The van der Waals surface area contributed by atoms with Crippen LogP contribution in [0, 0.1) is 0 Å². The zero-order valence-electron chi connectivity index (χ0n) is 8.19. The Labute approximate surface area is 83.3 Å². The van der Waals surface area contributed by atoms with Crippen LogP contribution < -0.4 is 0 Å². The molecule has 0 amide bonds. The van der Waals surface area contributed by atoms with E-state index in [1.54, 1.807) is 0 Å². The lowest BCUT2D eigenvalue weighted by Gasteiger charge is -2.32. The van der Waals surface area contributed by atoms with Crippen molar-refractivity contribution in [2.24, 2.45) is 0 Å². The van der Waals surface area contributed by atoms with E-state index in [0.717, 1.165) is 13.1 Å². The Bertz CT molecular complexity index is 184. The molecule has 0 spiro atoms. The number of aliphatic hydroxyl groups excluding tert-OH is 1. The molecule has 0 saturated carbocycles. The van der Waals surface area contributed by atoms with Gasteiger partial charge in [-0.05, 0) is 6.42 Å². The summed E-state index contributed by atoms with van der Waals surface area (Å²) in [4.78, 5) is 12.4. The largest absolute Gasteiger partial charge is 0.481 e. The smallest absolute Gasteiger partial charge is 0.303 e. The second-order valence-corrected chi connectivity index (χ2v) is 3.45. The number of aliphatic hydroxyl groups is 1. The molecule has 0 bridgehead atoms. The first kappa shape index (κ1) is 11.4. The third-order valence-corrected chi connectivity index (χ3v) is 2.32. The number of carbonyl (C=O) groups is 1. The predicted molar refractivity (Wildman–Crippen MR) is 50.1 cm³/mol. The van der Waals surface area contributed by atoms with Gasteiger partial charge in [-0.25, -0.2) is 0 Å². The molecule has 1 aliphatic heterocycles. The average molecular weight is 203 g/mol. The fraction of sp³-hybridized carbons (Fsp3) is 0.889. The van der Waals surface area contributed by atoms with E-state index in [0.29, 0.717) is 19.6 Å². The van der Waals surface area contributed by atoms with Crippen LogP contribution in [0.15, 0.2) is 0 Å². The zero-order chi connectivity index (χ0) is 10.4. The lowest BCUT2D eigenvalue weighted by molar-refractivity contribution is -0.138. The maximum Gasteiger partial charge on any atom is 0.303 e. The Hall–Kier alpha value is -0.650. The van der Waals surface area contributed by atoms with Crippen LogP contribution in [0.1, 0.15) is 12.8 Å². The fourth-order valence-electron chi connectivity index (χ4n) is 1.58. The molecular formula is C9H17NO4. The van der Waals surface area contributed by atoms with Crippen LogP contribution in [0.2, 0.25) is 0 Å². The maximum atomic E-state index is 10.3. The van der Waals surface area contributed by atoms with E-state index in [1.807, 2.05) is 0 Å². The summed E-state index contributed by atoms with van der Waals surface area (Å²) in [5, 5.41) is 17.3.